The van der Waals surface area contributed by atoms with E-state index < -0.39 is 0 Å². The Morgan fingerprint density at radius 2 is 2.41 bits per heavy atom. The van der Waals surface area contributed by atoms with Gasteiger partial charge in [0, 0.05) is 24.9 Å². The van der Waals surface area contributed by atoms with Crippen LogP contribution in [0, 0.1) is 0 Å². The highest BCUT2D eigenvalue weighted by atomic mass is 16.5. The topological polar surface area (TPSA) is 55.6 Å². The van der Waals surface area contributed by atoms with Gasteiger partial charge in [-0.15, -0.1) is 0 Å². The lowest BCUT2D eigenvalue weighted by Crippen LogP contribution is -2.27. The van der Waals surface area contributed by atoms with Crippen molar-refractivity contribution in [2.45, 2.75) is 13.5 Å². The van der Waals surface area contributed by atoms with E-state index in [-0.39, 0.29) is 12.5 Å². The molecular weight excluding hydrogens is 218 g/mol. The second-order valence-electron chi connectivity index (χ2n) is 3.61. The van der Waals surface area contributed by atoms with E-state index in [1.54, 1.807) is 10.7 Å². The van der Waals surface area contributed by atoms with Crippen molar-refractivity contribution in [2.24, 2.45) is 0 Å². The molecule has 0 spiro atoms. The highest BCUT2D eigenvalue weighted by Gasteiger charge is 2.05. The van der Waals surface area contributed by atoms with Crippen LogP contribution in [-0.4, -0.2) is 28.7 Å². The highest BCUT2D eigenvalue weighted by Crippen LogP contribution is 2.08. The maximum absolute atomic E-state index is 11.4. The van der Waals surface area contributed by atoms with Crippen LogP contribution in [0.15, 0.2) is 30.6 Å². The van der Waals surface area contributed by atoms with Gasteiger partial charge in [-0.2, -0.15) is 5.10 Å². The number of nitrogens with zero attached hydrogens (tertiary/aromatic N) is 2. The molecule has 5 heteroatoms. The average Bonchev–Trinajstić information content (AvgIpc) is 2.77. The van der Waals surface area contributed by atoms with E-state index in [9.17, 15) is 4.79 Å². The Morgan fingerprint density at radius 3 is 3.24 bits per heavy atom. The van der Waals surface area contributed by atoms with Crippen molar-refractivity contribution < 1.29 is 9.53 Å². The number of nitrogens with one attached hydrogen (secondary N) is 1. The summed E-state index contributed by atoms with van der Waals surface area (Å²) < 4.78 is 6.80. The molecule has 0 unspecified atom stereocenters. The smallest absolute Gasteiger partial charge is 0.246 e. The van der Waals surface area contributed by atoms with Gasteiger partial charge in [0.1, 0.15) is 6.61 Å². The number of rotatable bonds is 5. The van der Waals surface area contributed by atoms with Crippen LogP contribution < -0.4 is 5.32 Å². The molecule has 0 aliphatic heterocycles. The first-order valence-electron chi connectivity index (χ1n) is 5.57. The maximum Gasteiger partial charge on any atom is 0.246 e. The lowest BCUT2D eigenvalue weighted by molar-refractivity contribution is -0.125. The van der Waals surface area contributed by atoms with Crippen molar-refractivity contribution in [3.63, 3.8) is 0 Å². The molecule has 17 heavy (non-hydrogen) atoms. The summed E-state index contributed by atoms with van der Waals surface area (Å²) in [5.41, 5.74) is 2.00. The summed E-state index contributed by atoms with van der Waals surface area (Å²) in [4.78, 5) is 11.4. The zero-order chi connectivity index (χ0) is 12.1. The van der Waals surface area contributed by atoms with E-state index in [2.05, 4.69) is 10.4 Å². The van der Waals surface area contributed by atoms with Gasteiger partial charge in [0.2, 0.25) is 5.91 Å². The third-order valence-corrected chi connectivity index (χ3v) is 2.42. The summed E-state index contributed by atoms with van der Waals surface area (Å²) in [5.74, 6) is -0.109. The molecule has 2 aromatic heterocycles. The van der Waals surface area contributed by atoms with E-state index in [0.29, 0.717) is 13.2 Å². The van der Waals surface area contributed by atoms with Crippen LogP contribution in [0.25, 0.3) is 5.52 Å². The molecule has 1 amide bonds. The molecule has 2 rings (SSSR count). The lowest BCUT2D eigenvalue weighted by atomic mass is 10.2. The van der Waals surface area contributed by atoms with E-state index in [1.165, 1.54) is 0 Å². The molecule has 5 nitrogen and oxygen atoms in total. The second-order valence-corrected chi connectivity index (χ2v) is 3.61. The Bertz CT molecular complexity index is 507. The minimum atomic E-state index is -0.109. The predicted octanol–water partition coefficient (Wildman–Crippen LogP) is 0.987. The summed E-state index contributed by atoms with van der Waals surface area (Å²) in [7, 11) is 0. The molecule has 2 heterocycles. The third kappa shape index (κ3) is 2.82. The fourth-order valence-corrected chi connectivity index (χ4v) is 1.56. The van der Waals surface area contributed by atoms with Crippen molar-refractivity contribution in [3.05, 3.63) is 36.2 Å². The number of aromatic nitrogens is 2. The van der Waals surface area contributed by atoms with Gasteiger partial charge in [0.15, 0.2) is 0 Å². The molecule has 0 bridgehead atoms. The first-order chi connectivity index (χ1) is 8.31. The van der Waals surface area contributed by atoms with Gasteiger partial charge in [0.05, 0.1) is 11.7 Å². The third-order valence-electron chi connectivity index (χ3n) is 2.42. The normalized spacial score (nSPS) is 10.6. The Balaban J connectivity index is 1.97. The molecule has 1 N–H and O–H groups in total. The molecule has 90 valence electrons. The van der Waals surface area contributed by atoms with Gasteiger partial charge in [-0.3, -0.25) is 4.79 Å². The largest absolute Gasteiger partial charge is 0.372 e. The van der Waals surface area contributed by atoms with E-state index in [1.807, 2.05) is 31.3 Å². The van der Waals surface area contributed by atoms with Crippen molar-refractivity contribution in [1.29, 1.82) is 0 Å². The lowest BCUT2D eigenvalue weighted by Gasteiger charge is -2.03. The summed E-state index contributed by atoms with van der Waals surface area (Å²) in [6, 6.07) is 5.83. The molecule has 0 atom stereocenters. The Kier molecular flexibility index (Phi) is 3.72. The van der Waals surface area contributed by atoms with Crippen LogP contribution in [0.5, 0.6) is 0 Å². The zero-order valence-electron chi connectivity index (χ0n) is 9.72. The van der Waals surface area contributed by atoms with Crippen molar-refractivity contribution in [3.8, 4) is 0 Å². The molecule has 0 aliphatic carbocycles. The molecule has 0 saturated heterocycles. The number of pyridine rings is 1. The van der Waals surface area contributed by atoms with Crippen LogP contribution in [0.4, 0.5) is 0 Å². The van der Waals surface area contributed by atoms with Crippen LogP contribution in [0.3, 0.4) is 0 Å². The van der Waals surface area contributed by atoms with Crippen LogP contribution in [-0.2, 0) is 16.1 Å². The summed E-state index contributed by atoms with van der Waals surface area (Å²) >= 11 is 0. The van der Waals surface area contributed by atoms with Gasteiger partial charge < -0.3 is 10.1 Å². The molecule has 2 aromatic rings. The number of hydrogen-bond donors (Lipinski definition) is 1. The summed E-state index contributed by atoms with van der Waals surface area (Å²) in [6.07, 6.45) is 3.64. The van der Waals surface area contributed by atoms with Crippen LogP contribution >= 0.6 is 0 Å². The number of amides is 1. The summed E-state index contributed by atoms with van der Waals surface area (Å²) in [6.45, 7) is 2.98. The second kappa shape index (κ2) is 5.45. The molecule has 0 saturated carbocycles. The maximum atomic E-state index is 11.4. The number of fused-ring (bicyclic) bond motifs is 1. The van der Waals surface area contributed by atoms with Crippen molar-refractivity contribution in [2.75, 3.05) is 13.2 Å². The highest BCUT2D eigenvalue weighted by molar-refractivity contribution is 5.77. The van der Waals surface area contributed by atoms with Crippen molar-refractivity contribution in [1.82, 2.24) is 14.9 Å². The van der Waals surface area contributed by atoms with Gasteiger partial charge >= 0.3 is 0 Å². The van der Waals surface area contributed by atoms with Gasteiger partial charge in [-0.1, -0.05) is 6.07 Å². The fourth-order valence-electron chi connectivity index (χ4n) is 1.56. The quantitative estimate of drug-likeness (QED) is 0.837. The summed E-state index contributed by atoms with van der Waals surface area (Å²) in [5, 5.41) is 6.99. The first kappa shape index (κ1) is 11.6. The Hall–Kier alpha value is -1.88. The minimum Gasteiger partial charge on any atom is -0.372 e. The SMILES string of the molecule is CCOCC(=O)NCc1cnn2ccccc12. The van der Waals surface area contributed by atoms with Gasteiger partial charge in [-0.25, -0.2) is 4.52 Å². The standard InChI is InChI=1S/C12H15N3O2/c1-2-17-9-12(16)13-7-10-8-14-15-6-4-3-5-11(10)15/h3-6,8H,2,7,9H2,1H3,(H,13,16). The molecular formula is C12H15N3O2. The first-order valence-corrected chi connectivity index (χ1v) is 5.57. The van der Waals surface area contributed by atoms with Crippen molar-refractivity contribution >= 4 is 11.4 Å². The minimum absolute atomic E-state index is 0.107. The van der Waals surface area contributed by atoms with Crippen LogP contribution in [0.1, 0.15) is 12.5 Å². The molecule has 0 aromatic carbocycles. The van der Waals surface area contributed by atoms with E-state index >= 15 is 0 Å². The monoisotopic (exact) mass is 233 g/mol. The predicted molar refractivity (Wildman–Crippen MR) is 63.5 cm³/mol. The van der Waals surface area contributed by atoms with Crippen LogP contribution in [0.2, 0.25) is 0 Å². The molecule has 0 radical (unpaired) electrons. The number of carbonyl (C=O) groups is 1. The van der Waals surface area contributed by atoms with Gasteiger partial charge in [-0.05, 0) is 19.1 Å². The molecule has 0 fully saturated rings. The number of ether oxygens (including phenoxy) is 1. The van der Waals surface area contributed by atoms with E-state index in [0.717, 1.165) is 11.1 Å². The average molecular weight is 233 g/mol. The van der Waals surface area contributed by atoms with E-state index in [4.69, 9.17) is 4.74 Å². The Morgan fingerprint density at radius 1 is 1.53 bits per heavy atom. The zero-order valence-corrected chi connectivity index (χ0v) is 9.72. The molecule has 0 aliphatic rings. The Labute approximate surface area is 99.4 Å². The fraction of sp³-hybridized carbons (Fsp3) is 0.333. The van der Waals surface area contributed by atoms with Gasteiger partial charge in [0.25, 0.3) is 0 Å². The number of hydrogen-bond acceptors (Lipinski definition) is 3. The number of carbonyl (C=O) groups excluding carboxylic acids is 1.